The molecule has 1 aliphatic heterocycles. The molecule has 19 heavy (non-hydrogen) atoms. The van der Waals surface area contributed by atoms with E-state index in [1.54, 1.807) is 23.3 Å². The third-order valence-electron chi connectivity index (χ3n) is 3.38. The lowest BCUT2D eigenvalue weighted by Gasteiger charge is -2.23. The van der Waals surface area contributed by atoms with E-state index in [2.05, 4.69) is 0 Å². The Bertz CT molecular complexity index is 446. The molecule has 5 nitrogen and oxygen atoms in total. The van der Waals surface area contributed by atoms with Gasteiger partial charge in [-0.05, 0) is 28.8 Å². The Morgan fingerprint density at radius 3 is 2.95 bits per heavy atom. The molecule has 0 bridgehead atoms. The number of likely N-dealkylation sites (tertiary alicyclic amines) is 1. The fraction of sp³-hybridized carbons (Fsp3) is 0.538. The molecule has 2 unspecified atom stereocenters. The van der Waals surface area contributed by atoms with Crippen molar-refractivity contribution in [2.75, 3.05) is 13.7 Å². The van der Waals surface area contributed by atoms with Crippen LogP contribution in [0, 0.1) is 0 Å². The van der Waals surface area contributed by atoms with Crippen molar-refractivity contribution in [1.82, 2.24) is 4.90 Å². The molecule has 2 atom stereocenters. The molecule has 0 spiro atoms. The second-order valence-electron chi connectivity index (χ2n) is 4.70. The summed E-state index contributed by atoms with van der Waals surface area (Å²) in [6, 6.07) is 1.66. The first-order chi connectivity index (χ1) is 9.10. The Balaban J connectivity index is 2.02. The smallest absolute Gasteiger partial charge is 0.305 e. The Morgan fingerprint density at radius 2 is 2.37 bits per heavy atom. The van der Waals surface area contributed by atoms with Gasteiger partial charge in [0.2, 0.25) is 5.91 Å². The summed E-state index contributed by atoms with van der Waals surface area (Å²) >= 11 is 1.55. The molecular formula is C13H17NO4S. The van der Waals surface area contributed by atoms with Gasteiger partial charge >= 0.3 is 5.97 Å². The molecule has 1 aromatic rings. The van der Waals surface area contributed by atoms with Crippen molar-refractivity contribution in [3.05, 3.63) is 22.4 Å². The second-order valence-corrected chi connectivity index (χ2v) is 5.48. The molecule has 1 saturated heterocycles. The van der Waals surface area contributed by atoms with Gasteiger partial charge in [-0.1, -0.05) is 0 Å². The number of ether oxygens (including phenoxy) is 1. The number of nitrogens with zero attached hydrogens (tertiary/aromatic N) is 1. The van der Waals surface area contributed by atoms with Crippen molar-refractivity contribution < 1.29 is 19.4 Å². The summed E-state index contributed by atoms with van der Waals surface area (Å²) in [5, 5.41) is 12.8. The standard InChI is InChI=1S/C13H17NO4S/c1-18-11-5-10(6-13(16)17)14(7-11)12(15)4-9-2-3-19-8-9/h2-3,8,10-11H,4-7H2,1H3,(H,16,17). The van der Waals surface area contributed by atoms with Crippen molar-refractivity contribution in [3.8, 4) is 0 Å². The maximum Gasteiger partial charge on any atom is 0.305 e. The number of hydrogen-bond acceptors (Lipinski definition) is 4. The van der Waals surface area contributed by atoms with Crippen LogP contribution < -0.4 is 0 Å². The molecule has 1 aliphatic rings. The molecule has 0 radical (unpaired) electrons. The van der Waals surface area contributed by atoms with E-state index in [1.807, 2.05) is 16.8 Å². The highest BCUT2D eigenvalue weighted by atomic mass is 32.1. The first-order valence-corrected chi connectivity index (χ1v) is 7.09. The normalized spacial score (nSPS) is 22.7. The largest absolute Gasteiger partial charge is 0.481 e. The van der Waals surface area contributed by atoms with Crippen LogP contribution in [0.3, 0.4) is 0 Å². The zero-order valence-corrected chi connectivity index (χ0v) is 11.6. The van der Waals surface area contributed by atoms with Crippen LogP contribution in [-0.2, 0) is 20.7 Å². The Morgan fingerprint density at radius 1 is 1.58 bits per heavy atom. The summed E-state index contributed by atoms with van der Waals surface area (Å²) in [6.45, 7) is 0.484. The molecule has 2 rings (SSSR count). The number of carboxylic acid groups (broad SMARTS) is 1. The third kappa shape index (κ3) is 3.54. The summed E-state index contributed by atoms with van der Waals surface area (Å²) in [4.78, 5) is 24.8. The van der Waals surface area contributed by atoms with Crippen molar-refractivity contribution in [2.45, 2.75) is 31.4 Å². The monoisotopic (exact) mass is 283 g/mol. The van der Waals surface area contributed by atoms with E-state index in [4.69, 9.17) is 9.84 Å². The lowest BCUT2D eigenvalue weighted by Crippen LogP contribution is -2.38. The van der Waals surface area contributed by atoms with Crippen LogP contribution in [0.2, 0.25) is 0 Å². The number of rotatable bonds is 5. The minimum atomic E-state index is -0.880. The highest BCUT2D eigenvalue weighted by Crippen LogP contribution is 2.24. The summed E-state index contributed by atoms with van der Waals surface area (Å²) in [7, 11) is 1.59. The number of carbonyl (C=O) groups is 2. The quantitative estimate of drug-likeness (QED) is 0.886. The van der Waals surface area contributed by atoms with Gasteiger partial charge < -0.3 is 14.7 Å². The maximum atomic E-state index is 12.2. The highest BCUT2D eigenvalue weighted by Gasteiger charge is 2.36. The second kappa shape index (κ2) is 6.16. The van der Waals surface area contributed by atoms with Crippen molar-refractivity contribution in [2.24, 2.45) is 0 Å². The van der Waals surface area contributed by atoms with Crippen LogP contribution in [0.15, 0.2) is 16.8 Å². The Kier molecular flexibility index (Phi) is 4.55. The van der Waals surface area contributed by atoms with Gasteiger partial charge in [0, 0.05) is 19.7 Å². The highest BCUT2D eigenvalue weighted by molar-refractivity contribution is 7.07. The van der Waals surface area contributed by atoms with Crippen LogP contribution in [-0.4, -0.2) is 47.7 Å². The van der Waals surface area contributed by atoms with Crippen LogP contribution in [0.1, 0.15) is 18.4 Å². The van der Waals surface area contributed by atoms with E-state index < -0.39 is 5.97 Å². The Labute approximate surface area is 115 Å². The molecule has 0 aromatic carbocycles. The van der Waals surface area contributed by atoms with Crippen molar-refractivity contribution in [3.63, 3.8) is 0 Å². The molecule has 1 N–H and O–H groups in total. The molecule has 6 heteroatoms. The Hall–Kier alpha value is -1.40. The number of carboxylic acids is 1. The van der Waals surface area contributed by atoms with Gasteiger partial charge in [0.05, 0.1) is 18.9 Å². The molecule has 104 valence electrons. The molecule has 0 saturated carbocycles. The van der Waals surface area contributed by atoms with Gasteiger partial charge in [-0.2, -0.15) is 11.3 Å². The number of carbonyl (C=O) groups excluding carboxylic acids is 1. The fourth-order valence-electron chi connectivity index (χ4n) is 2.41. The number of thiophene rings is 1. The first-order valence-electron chi connectivity index (χ1n) is 6.15. The van der Waals surface area contributed by atoms with Gasteiger partial charge in [0.25, 0.3) is 0 Å². The first kappa shape index (κ1) is 14.0. The van der Waals surface area contributed by atoms with Gasteiger partial charge in [-0.3, -0.25) is 9.59 Å². The lowest BCUT2D eigenvalue weighted by atomic mass is 10.1. The summed E-state index contributed by atoms with van der Waals surface area (Å²) in [6.07, 6.45) is 0.847. The van der Waals surface area contributed by atoms with Gasteiger partial charge in [0.1, 0.15) is 0 Å². The van der Waals surface area contributed by atoms with Crippen molar-refractivity contribution in [1.29, 1.82) is 0 Å². The van der Waals surface area contributed by atoms with Gasteiger partial charge in [-0.25, -0.2) is 0 Å². The maximum absolute atomic E-state index is 12.2. The third-order valence-corrected chi connectivity index (χ3v) is 4.11. The van der Waals surface area contributed by atoms with Crippen molar-refractivity contribution >= 4 is 23.2 Å². The zero-order valence-electron chi connectivity index (χ0n) is 10.7. The average molecular weight is 283 g/mol. The zero-order chi connectivity index (χ0) is 13.8. The van der Waals surface area contributed by atoms with E-state index in [0.29, 0.717) is 19.4 Å². The molecule has 1 fully saturated rings. The lowest BCUT2D eigenvalue weighted by molar-refractivity contribution is -0.139. The summed E-state index contributed by atoms with van der Waals surface area (Å²) in [5.74, 6) is -0.903. The number of aliphatic carboxylic acids is 1. The molecule has 2 heterocycles. The van der Waals surface area contributed by atoms with Crippen LogP contribution in [0.5, 0.6) is 0 Å². The summed E-state index contributed by atoms with van der Waals surface area (Å²) in [5.41, 5.74) is 0.977. The SMILES string of the molecule is COC1CC(CC(=O)O)N(C(=O)Cc2ccsc2)C1. The van der Waals surface area contributed by atoms with Crippen LogP contribution in [0.25, 0.3) is 0 Å². The molecule has 1 amide bonds. The molecule has 0 aliphatic carbocycles. The summed E-state index contributed by atoms with van der Waals surface area (Å²) < 4.78 is 5.25. The number of methoxy groups -OCH3 is 1. The topological polar surface area (TPSA) is 66.8 Å². The van der Waals surface area contributed by atoms with Gasteiger partial charge in [0.15, 0.2) is 0 Å². The molecular weight excluding hydrogens is 266 g/mol. The van der Waals surface area contributed by atoms with E-state index in [0.717, 1.165) is 5.56 Å². The number of hydrogen-bond donors (Lipinski definition) is 1. The van der Waals surface area contributed by atoms with Crippen LogP contribution >= 0.6 is 11.3 Å². The molecule has 1 aromatic heterocycles. The predicted octanol–water partition coefficient (Wildman–Crippen LogP) is 1.38. The minimum absolute atomic E-state index is 0.0186. The van der Waals surface area contributed by atoms with Gasteiger partial charge in [-0.15, -0.1) is 0 Å². The number of amides is 1. The van der Waals surface area contributed by atoms with Crippen LogP contribution in [0.4, 0.5) is 0 Å². The minimum Gasteiger partial charge on any atom is -0.481 e. The van der Waals surface area contributed by atoms with E-state index in [9.17, 15) is 9.59 Å². The van der Waals surface area contributed by atoms with E-state index in [-0.39, 0.29) is 24.5 Å². The van der Waals surface area contributed by atoms with E-state index in [1.165, 1.54) is 0 Å². The van der Waals surface area contributed by atoms with E-state index >= 15 is 0 Å². The average Bonchev–Trinajstić information content (AvgIpc) is 2.97. The fourth-order valence-corrected chi connectivity index (χ4v) is 3.08. The predicted molar refractivity (Wildman–Crippen MR) is 71.2 cm³/mol.